The molecule has 0 bridgehead atoms. The maximum absolute atomic E-state index is 5.28. The van der Waals surface area contributed by atoms with Crippen molar-refractivity contribution in [2.45, 2.75) is 0 Å². The summed E-state index contributed by atoms with van der Waals surface area (Å²) in [6.07, 6.45) is 9.89. The van der Waals surface area contributed by atoms with Gasteiger partial charge >= 0.3 is 0 Å². The molecule has 2 heterocycles. The average molecular weight is 180 g/mol. The standard InChI is InChI=1S/C8H8N2O3/c1-3-7(9-11-5-1)13-8-4-2-6-12-10-8/h1-6,9-10H. The normalized spacial score (nSPS) is 18.5. The zero-order valence-corrected chi connectivity index (χ0v) is 6.69. The van der Waals surface area contributed by atoms with Crippen LogP contribution in [0.3, 0.4) is 0 Å². The Labute approximate surface area is 74.9 Å². The van der Waals surface area contributed by atoms with Crippen molar-refractivity contribution in [2.75, 3.05) is 0 Å². The molecular formula is C8H8N2O3. The fourth-order valence-corrected chi connectivity index (χ4v) is 0.812. The first kappa shape index (κ1) is 7.60. The molecule has 13 heavy (non-hydrogen) atoms. The highest BCUT2D eigenvalue weighted by Gasteiger charge is 2.05. The summed E-state index contributed by atoms with van der Waals surface area (Å²) in [6, 6.07) is 0. The van der Waals surface area contributed by atoms with Gasteiger partial charge in [-0.3, -0.25) is 0 Å². The van der Waals surface area contributed by atoms with Crippen molar-refractivity contribution >= 4 is 0 Å². The second kappa shape index (κ2) is 3.57. The third-order valence-corrected chi connectivity index (χ3v) is 1.33. The first-order valence-electron chi connectivity index (χ1n) is 3.70. The lowest BCUT2D eigenvalue weighted by Gasteiger charge is -2.16. The first-order chi connectivity index (χ1) is 6.45. The van der Waals surface area contributed by atoms with Gasteiger partial charge in [-0.05, 0) is 12.2 Å². The molecule has 0 fully saturated rings. The van der Waals surface area contributed by atoms with Gasteiger partial charge in [-0.15, -0.1) is 0 Å². The highest BCUT2D eigenvalue weighted by Crippen LogP contribution is 2.07. The Hall–Kier alpha value is -2.04. The van der Waals surface area contributed by atoms with Gasteiger partial charge in [-0.25, -0.2) is 0 Å². The highest BCUT2D eigenvalue weighted by molar-refractivity contribution is 5.12. The Balaban J connectivity index is 1.96. The number of hydrogen-bond acceptors (Lipinski definition) is 5. The van der Waals surface area contributed by atoms with Gasteiger partial charge in [0.1, 0.15) is 12.5 Å². The van der Waals surface area contributed by atoms with Crippen molar-refractivity contribution in [2.24, 2.45) is 0 Å². The van der Waals surface area contributed by atoms with Gasteiger partial charge in [-0.1, -0.05) is 0 Å². The molecule has 2 N–H and O–H groups in total. The van der Waals surface area contributed by atoms with Crippen LogP contribution in [-0.4, -0.2) is 0 Å². The Morgan fingerprint density at radius 1 is 0.923 bits per heavy atom. The van der Waals surface area contributed by atoms with Crippen LogP contribution in [0.2, 0.25) is 0 Å². The van der Waals surface area contributed by atoms with Gasteiger partial charge in [0.15, 0.2) is 0 Å². The number of hydrogen-bond donors (Lipinski definition) is 2. The number of allylic oxidation sites excluding steroid dienone is 4. The molecule has 0 amide bonds. The Morgan fingerprint density at radius 3 is 1.85 bits per heavy atom. The summed E-state index contributed by atoms with van der Waals surface area (Å²) < 4.78 is 5.28. The van der Waals surface area contributed by atoms with Gasteiger partial charge in [-0.2, -0.15) is 11.0 Å². The number of nitrogens with one attached hydrogen (secondary N) is 2. The number of rotatable bonds is 2. The minimum Gasteiger partial charge on any atom is -0.419 e. The van der Waals surface area contributed by atoms with E-state index in [9.17, 15) is 0 Å². The molecule has 0 spiro atoms. The fraction of sp³-hybridized carbons (Fsp3) is 0. The molecular weight excluding hydrogens is 172 g/mol. The molecule has 68 valence electrons. The van der Waals surface area contributed by atoms with E-state index in [0.717, 1.165) is 0 Å². The summed E-state index contributed by atoms with van der Waals surface area (Å²) in [5.74, 6) is 0.973. The van der Waals surface area contributed by atoms with Crippen LogP contribution in [0.15, 0.2) is 48.6 Å². The predicted molar refractivity (Wildman–Crippen MR) is 44.0 cm³/mol. The first-order valence-corrected chi connectivity index (χ1v) is 3.70. The summed E-state index contributed by atoms with van der Waals surface area (Å²) in [5.41, 5.74) is 5.12. The molecule has 0 unspecified atom stereocenters. The third-order valence-electron chi connectivity index (χ3n) is 1.33. The fourth-order valence-electron chi connectivity index (χ4n) is 0.812. The van der Waals surface area contributed by atoms with Crippen LogP contribution in [0.1, 0.15) is 0 Å². The molecule has 2 rings (SSSR count). The Bertz CT molecular complexity index is 275. The van der Waals surface area contributed by atoms with Crippen LogP contribution in [0.25, 0.3) is 0 Å². The van der Waals surface area contributed by atoms with Gasteiger partial charge in [0.05, 0.1) is 0 Å². The molecule has 2 aliphatic rings. The lowest BCUT2D eigenvalue weighted by Crippen LogP contribution is -2.21. The molecule has 5 heteroatoms. The molecule has 0 radical (unpaired) electrons. The maximum Gasteiger partial charge on any atom is 0.228 e. The van der Waals surface area contributed by atoms with Crippen LogP contribution in [0.4, 0.5) is 0 Å². The summed E-state index contributed by atoms with van der Waals surface area (Å²) in [4.78, 5) is 9.57. The molecule has 0 saturated carbocycles. The minimum absolute atomic E-state index is 0.486. The summed E-state index contributed by atoms with van der Waals surface area (Å²) in [6.45, 7) is 0. The smallest absolute Gasteiger partial charge is 0.228 e. The van der Waals surface area contributed by atoms with Crippen molar-refractivity contribution in [1.82, 2.24) is 11.0 Å². The SMILES string of the molecule is C1=CONC(OC2=CC=CON2)=C1. The van der Waals surface area contributed by atoms with Crippen LogP contribution in [-0.2, 0) is 14.4 Å². The average Bonchev–Trinajstić information content (AvgIpc) is 2.21. The second-order valence-electron chi connectivity index (χ2n) is 2.26. The number of ether oxygens (including phenoxy) is 1. The molecule has 0 saturated heterocycles. The largest absolute Gasteiger partial charge is 0.419 e. The highest BCUT2D eigenvalue weighted by atomic mass is 16.7. The van der Waals surface area contributed by atoms with E-state index in [2.05, 4.69) is 11.0 Å². The zero-order chi connectivity index (χ0) is 8.93. The van der Waals surface area contributed by atoms with E-state index < -0.39 is 0 Å². The van der Waals surface area contributed by atoms with E-state index in [-0.39, 0.29) is 0 Å². The number of hydroxylamine groups is 2. The van der Waals surface area contributed by atoms with E-state index in [4.69, 9.17) is 14.4 Å². The molecule has 0 aliphatic carbocycles. The van der Waals surface area contributed by atoms with Crippen LogP contribution in [0, 0.1) is 0 Å². The summed E-state index contributed by atoms with van der Waals surface area (Å²) >= 11 is 0. The second-order valence-corrected chi connectivity index (χ2v) is 2.26. The molecule has 0 aromatic rings. The quantitative estimate of drug-likeness (QED) is 0.657. The lowest BCUT2D eigenvalue weighted by atomic mass is 10.5. The van der Waals surface area contributed by atoms with Crippen molar-refractivity contribution in [3.8, 4) is 0 Å². The lowest BCUT2D eigenvalue weighted by molar-refractivity contribution is 0.0510. The van der Waals surface area contributed by atoms with Crippen molar-refractivity contribution in [1.29, 1.82) is 0 Å². The molecule has 0 atom stereocenters. The Kier molecular flexibility index (Phi) is 2.09. The molecule has 0 aromatic heterocycles. The molecule has 0 aromatic carbocycles. The van der Waals surface area contributed by atoms with E-state index in [1.807, 2.05) is 0 Å². The van der Waals surface area contributed by atoms with Gasteiger partial charge in [0.2, 0.25) is 11.8 Å². The van der Waals surface area contributed by atoms with Crippen LogP contribution < -0.4 is 11.0 Å². The summed E-state index contributed by atoms with van der Waals surface area (Å²) in [5, 5.41) is 0. The van der Waals surface area contributed by atoms with Gasteiger partial charge < -0.3 is 14.4 Å². The van der Waals surface area contributed by atoms with E-state index >= 15 is 0 Å². The summed E-state index contributed by atoms with van der Waals surface area (Å²) in [7, 11) is 0. The third kappa shape index (κ3) is 1.96. The van der Waals surface area contributed by atoms with Gasteiger partial charge in [0, 0.05) is 12.2 Å². The van der Waals surface area contributed by atoms with E-state index in [1.165, 1.54) is 12.5 Å². The van der Waals surface area contributed by atoms with Crippen LogP contribution in [0.5, 0.6) is 0 Å². The van der Waals surface area contributed by atoms with E-state index in [1.54, 1.807) is 24.3 Å². The topological polar surface area (TPSA) is 51.8 Å². The van der Waals surface area contributed by atoms with Gasteiger partial charge in [0.25, 0.3) is 0 Å². The predicted octanol–water partition coefficient (Wildman–Crippen LogP) is 0.783. The van der Waals surface area contributed by atoms with Crippen molar-refractivity contribution < 1.29 is 14.4 Å². The minimum atomic E-state index is 0.486. The molecule has 5 nitrogen and oxygen atoms in total. The maximum atomic E-state index is 5.28. The molecule has 2 aliphatic heterocycles. The van der Waals surface area contributed by atoms with Crippen molar-refractivity contribution in [3.63, 3.8) is 0 Å². The Morgan fingerprint density at radius 2 is 1.46 bits per heavy atom. The zero-order valence-electron chi connectivity index (χ0n) is 6.69. The monoisotopic (exact) mass is 180 g/mol. The van der Waals surface area contributed by atoms with E-state index in [0.29, 0.717) is 11.8 Å². The van der Waals surface area contributed by atoms with Crippen LogP contribution >= 0.6 is 0 Å². The van der Waals surface area contributed by atoms with Crippen molar-refractivity contribution in [3.05, 3.63) is 48.6 Å².